The minimum Gasteiger partial charge on any atom is -0.346 e. The summed E-state index contributed by atoms with van der Waals surface area (Å²) in [4.78, 5) is 12.3. The lowest BCUT2D eigenvalue weighted by molar-refractivity contribution is 0.0940. The zero-order valence-corrected chi connectivity index (χ0v) is 13.5. The van der Waals surface area contributed by atoms with E-state index in [0.717, 1.165) is 12.0 Å². The van der Waals surface area contributed by atoms with Crippen LogP contribution in [-0.2, 0) is 12.8 Å². The average Bonchev–Trinajstić information content (AvgIpc) is 2.54. The number of hydrogen-bond donors (Lipinski definition) is 1. The van der Waals surface area contributed by atoms with Crippen LogP contribution in [-0.4, -0.2) is 5.91 Å². The van der Waals surface area contributed by atoms with Gasteiger partial charge < -0.3 is 5.32 Å². The van der Waals surface area contributed by atoms with Crippen molar-refractivity contribution in [3.05, 3.63) is 69.7 Å². The van der Waals surface area contributed by atoms with Crippen LogP contribution in [0.3, 0.4) is 0 Å². The number of fused-ring (bicyclic) bond motifs is 1. The van der Waals surface area contributed by atoms with Gasteiger partial charge in [0.25, 0.3) is 5.91 Å². The van der Waals surface area contributed by atoms with Crippen LogP contribution in [0.15, 0.2) is 42.5 Å². The normalized spacial score (nSPS) is 15.0. The SMILES string of the molecule is C[C@H](NC(=O)c1cccc(Cl)c1)c1ccc2c(c1)CCCC2. The van der Waals surface area contributed by atoms with Crippen molar-refractivity contribution >= 4 is 17.5 Å². The van der Waals surface area contributed by atoms with Gasteiger partial charge in [-0.05, 0) is 67.5 Å². The Morgan fingerprint density at radius 2 is 1.86 bits per heavy atom. The van der Waals surface area contributed by atoms with E-state index in [4.69, 9.17) is 11.6 Å². The summed E-state index contributed by atoms with van der Waals surface area (Å²) in [6.07, 6.45) is 4.88. The van der Waals surface area contributed by atoms with Gasteiger partial charge in [0.15, 0.2) is 0 Å². The number of hydrogen-bond acceptors (Lipinski definition) is 1. The molecule has 2 aromatic carbocycles. The van der Waals surface area contributed by atoms with Crippen molar-refractivity contribution in [3.63, 3.8) is 0 Å². The van der Waals surface area contributed by atoms with Crippen LogP contribution in [0.2, 0.25) is 5.02 Å². The molecule has 2 nitrogen and oxygen atoms in total. The molecular weight excluding hydrogens is 294 g/mol. The molecule has 0 aromatic heterocycles. The number of rotatable bonds is 3. The van der Waals surface area contributed by atoms with Crippen LogP contribution >= 0.6 is 11.6 Å². The second-order valence-corrected chi connectivity index (χ2v) is 6.38. The zero-order valence-electron chi connectivity index (χ0n) is 12.7. The summed E-state index contributed by atoms with van der Waals surface area (Å²) < 4.78 is 0. The summed E-state index contributed by atoms with van der Waals surface area (Å²) >= 11 is 5.94. The Balaban J connectivity index is 1.74. The number of aryl methyl sites for hydroxylation is 2. The van der Waals surface area contributed by atoms with E-state index in [0.29, 0.717) is 10.6 Å². The van der Waals surface area contributed by atoms with Gasteiger partial charge in [-0.2, -0.15) is 0 Å². The molecule has 1 atom stereocenters. The lowest BCUT2D eigenvalue weighted by atomic mass is 9.89. The summed E-state index contributed by atoms with van der Waals surface area (Å²) in [5, 5.41) is 3.63. The molecule has 22 heavy (non-hydrogen) atoms. The third-order valence-corrected chi connectivity index (χ3v) is 4.54. The van der Waals surface area contributed by atoms with E-state index in [1.165, 1.54) is 30.4 Å². The van der Waals surface area contributed by atoms with Gasteiger partial charge >= 0.3 is 0 Å². The first-order chi connectivity index (χ1) is 10.6. The number of amides is 1. The summed E-state index contributed by atoms with van der Waals surface area (Å²) in [7, 11) is 0. The van der Waals surface area contributed by atoms with Gasteiger partial charge in [0, 0.05) is 10.6 Å². The van der Waals surface area contributed by atoms with Crippen LogP contribution < -0.4 is 5.32 Å². The second kappa shape index (κ2) is 6.53. The Labute approximate surface area is 136 Å². The molecule has 0 aliphatic heterocycles. The minimum absolute atomic E-state index is 0.0151. The van der Waals surface area contributed by atoms with Crippen molar-refractivity contribution in [2.75, 3.05) is 0 Å². The highest BCUT2D eigenvalue weighted by molar-refractivity contribution is 6.30. The third-order valence-electron chi connectivity index (χ3n) is 4.31. The lowest BCUT2D eigenvalue weighted by Crippen LogP contribution is -2.26. The van der Waals surface area contributed by atoms with E-state index < -0.39 is 0 Å². The van der Waals surface area contributed by atoms with Crippen molar-refractivity contribution in [2.45, 2.75) is 38.6 Å². The molecule has 1 N–H and O–H groups in total. The molecule has 0 saturated heterocycles. The Kier molecular flexibility index (Phi) is 4.49. The standard InChI is InChI=1S/C19H20ClNO/c1-13(21-19(22)17-7-4-8-18(20)12-17)15-10-9-14-5-2-3-6-16(14)11-15/h4,7-13H,2-3,5-6H2,1H3,(H,21,22)/t13-/m0/s1. The number of halogens is 1. The van der Waals surface area contributed by atoms with Crippen LogP contribution in [0.25, 0.3) is 0 Å². The molecule has 2 aromatic rings. The van der Waals surface area contributed by atoms with Gasteiger partial charge in [-0.25, -0.2) is 0 Å². The number of carbonyl (C=O) groups excluding carboxylic acids is 1. The molecule has 1 aliphatic carbocycles. The first-order valence-electron chi connectivity index (χ1n) is 7.81. The predicted octanol–water partition coefficient (Wildman–Crippen LogP) is 4.71. The van der Waals surface area contributed by atoms with Crippen molar-refractivity contribution in [1.29, 1.82) is 0 Å². The number of benzene rings is 2. The van der Waals surface area contributed by atoms with Crippen molar-refractivity contribution in [1.82, 2.24) is 5.32 Å². The molecule has 1 amide bonds. The largest absolute Gasteiger partial charge is 0.346 e. The highest BCUT2D eigenvalue weighted by atomic mass is 35.5. The zero-order chi connectivity index (χ0) is 15.5. The predicted molar refractivity (Wildman–Crippen MR) is 90.4 cm³/mol. The topological polar surface area (TPSA) is 29.1 Å². The fourth-order valence-corrected chi connectivity index (χ4v) is 3.21. The monoisotopic (exact) mass is 313 g/mol. The Morgan fingerprint density at radius 1 is 1.09 bits per heavy atom. The maximum absolute atomic E-state index is 12.3. The fourth-order valence-electron chi connectivity index (χ4n) is 3.02. The Bertz CT molecular complexity index is 696. The molecule has 0 bridgehead atoms. The highest BCUT2D eigenvalue weighted by Crippen LogP contribution is 2.25. The van der Waals surface area contributed by atoms with E-state index in [1.54, 1.807) is 24.3 Å². The van der Waals surface area contributed by atoms with E-state index in [1.807, 2.05) is 6.92 Å². The summed E-state index contributed by atoms with van der Waals surface area (Å²) in [6, 6.07) is 13.6. The number of nitrogens with one attached hydrogen (secondary N) is 1. The van der Waals surface area contributed by atoms with E-state index >= 15 is 0 Å². The van der Waals surface area contributed by atoms with Crippen LogP contribution in [0.4, 0.5) is 0 Å². The molecule has 1 aliphatic rings. The second-order valence-electron chi connectivity index (χ2n) is 5.94. The maximum atomic E-state index is 12.3. The minimum atomic E-state index is -0.0901. The van der Waals surface area contributed by atoms with Crippen molar-refractivity contribution in [2.24, 2.45) is 0 Å². The Hall–Kier alpha value is -1.80. The smallest absolute Gasteiger partial charge is 0.251 e. The fraction of sp³-hybridized carbons (Fsp3) is 0.316. The quantitative estimate of drug-likeness (QED) is 0.873. The molecule has 0 heterocycles. The van der Waals surface area contributed by atoms with Gasteiger partial charge in [0.05, 0.1) is 6.04 Å². The van der Waals surface area contributed by atoms with Crippen LogP contribution in [0, 0.1) is 0 Å². The molecule has 0 radical (unpaired) electrons. The van der Waals surface area contributed by atoms with E-state index in [9.17, 15) is 4.79 Å². The molecule has 3 rings (SSSR count). The number of carbonyl (C=O) groups is 1. The summed E-state index contributed by atoms with van der Waals surface area (Å²) in [5.74, 6) is -0.0901. The molecule has 114 valence electrons. The van der Waals surface area contributed by atoms with Gasteiger partial charge in [-0.1, -0.05) is 35.9 Å². The van der Waals surface area contributed by atoms with Crippen LogP contribution in [0.1, 0.15) is 52.9 Å². The molecule has 0 saturated carbocycles. The van der Waals surface area contributed by atoms with Gasteiger partial charge in [0.1, 0.15) is 0 Å². The highest BCUT2D eigenvalue weighted by Gasteiger charge is 2.15. The first kappa shape index (κ1) is 15.1. The van der Waals surface area contributed by atoms with E-state index in [-0.39, 0.29) is 11.9 Å². The third kappa shape index (κ3) is 3.33. The van der Waals surface area contributed by atoms with Crippen LogP contribution in [0.5, 0.6) is 0 Å². The molecule has 0 unspecified atom stereocenters. The molecule has 0 spiro atoms. The summed E-state index contributed by atoms with van der Waals surface area (Å²) in [6.45, 7) is 2.02. The molecule has 3 heteroatoms. The van der Waals surface area contributed by atoms with Crippen molar-refractivity contribution in [3.8, 4) is 0 Å². The molecular formula is C19H20ClNO. The summed E-state index contributed by atoms with van der Waals surface area (Å²) in [5.41, 5.74) is 4.66. The van der Waals surface area contributed by atoms with Crippen molar-refractivity contribution < 1.29 is 4.79 Å². The maximum Gasteiger partial charge on any atom is 0.251 e. The van der Waals surface area contributed by atoms with Gasteiger partial charge in [-0.3, -0.25) is 4.79 Å². The average molecular weight is 314 g/mol. The van der Waals surface area contributed by atoms with Gasteiger partial charge in [-0.15, -0.1) is 0 Å². The lowest BCUT2D eigenvalue weighted by Gasteiger charge is -2.20. The van der Waals surface area contributed by atoms with Gasteiger partial charge in [0.2, 0.25) is 0 Å². The Morgan fingerprint density at radius 3 is 2.64 bits per heavy atom. The molecule has 0 fully saturated rings. The first-order valence-corrected chi connectivity index (χ1v) is 8.19. The van der Waals surface area contributed by atoms with E-state index in [2.05, 4.69) is 23.5 Å².